The summed E-state index contributed by atoms with van der Waals surface area (Å²) in [5, 5.41) is 2.84. The maximum Gasteiger partial charge on any atom is 0.266 e. The molecule has 1 aliphatic heterocycles. The fraction of sp³-hybridized carbons (Fsp3) is 0.571. The Labute approximate surface area is 147 Å². The van der Waals surface area contributed by atoms with Crippen molar-refractivity contribution in [3.05, 3.63) is 47.7 Å². The summed E-state index contributed by atoms with van der Waals surface area (Å²) in [4.78, 5) is 14.1. The molecular formula is C21H32N2O. The molecule has 0 aliphatic carbocycles. The molecule has 1 aromatic carbocycles. The summed E-state index contributed by atoms with van der Waals surface area (Å²) in [7, 11) is 0. The average Bonchev–Trinajstić information content (AvgIpc) is 2.54. The number of piperidine rings is 1. The lowest BCUT2D eigenvalue weighted by atomic mass is 9.80. The third-order valence-corrected chi connectivity index (χ3v) is 4.93. The second-order valence-electron chi connectivity index (χ2n) is 7.85. The number of hydrogen-bond acceptors (Lipinski definition) is 2. The van der Waals surface area contributed by atoms with E-state index in [2.05, 4.69) is 61.8 Å². The zero-order valence-corrected chi connectivity index (χ0v) is 15.7. The highest BCUT2D eigenvalue weighted by molar-refractivity contribution is 5.92. The molecule has 0 unspecified atom stereocenters. The highest BCUT2D eigenvalue weighted by Crippen LogP contribution is 2.30. The molecule has 3 heteroatoms. The highest BCUT2D eigenvalue weighted by Gasteiger charge is 2.25. The van der Waals surface area contributed by atoms with Crippen LogP contribution in [0.5, 0.6) is 0 Å². The van der Waals surface area contributed by atoms with Crippen LogP contribution in [-0.2, 0) is 16.6 Å². The van der Waals surface area contributed by atoms with E-state index in [1.165, 1.54) is 11.1 Å². The van der Waals surface area contributed by atoms with Gasteiger partial charge in [0.25, 0.3) is 5.91 Å². The molecule has 0 atom stereocenters. The fourth-order valence-electron chi connectivity index (χ4n) is 3.55. The number of nitrogens with one attached hydrogen (secondary N) is 1. The van der Waals surface area contributed by atoms with Crippen LogP contribution in [0.15, 0.2) is 36.5 Å². The molecule has 1 saturated heterocycles. The molecule has 1 aromatic rings. The van der Waals surface area contributed by atoms with Crippen LogP contribution in [0.25, 0.3) is 0 Å². The Morgan fingerprint density at radius 1 is 1.25 bits per heavy atom. The van der Waals surface area contributed by atoms with Crippen LogP contribution < -0.4 is 5.32 Å². The number of carbonyl (C=O) groups is 1. The number of carbonyl (C=O) groups excluding carboxylic acids is 1. The van der Waals surface area contributed by atoms with E-state index in [0.29, 0.717) is 18.2 Å². The molecule has 1 fully saturated rings. The van der Waals surface area contributed by atoms with Gasteiger partial charge in [-0.1, -0.05) is 51.6 Å². The molecule has 2 rings (SSSR count). The monoisotopic (exact) mass is 328 g/mol. The summed E-state index contributed by atoms with van der Waals surface area (Å²) in [5.74, 6) is 0.654. The van der Waals surface area contributed by atoms with E-state index < -0.39 is 0 Å². The molecular weight excluding hydrogens is 296 g/mol. The van der Waals surface area contributed by atoms with Gasteiger partial charge in [0.05, 0.1) is 5.70 Å². The molecule has 0 saturated carbocycles. The standard InChI is InChI=1S/C21H32N2O/c1-6-22-20(24)16(2)23-13-11-17(12-14-23)15-18-9-7-8-10-19(18)21(3,4)5/h7-10,17H,2,6,11-15H2,1,3-5H3,(H,22,24). The van der Waals surface area contributed by atoms with Gasteiger partial charge in [-0.2, -0.15) is 0 Å². The molecule has 24 heavy (non-hydrogen) atoms. The van der Waals surface area contributed by atoms with Crippen LogP contribution in [0.1, 0.15) is 51.7 Å². The van der Waals surface area contributed by atoms with Crippen molar-refractivity contribution in [1.29, 1.82) is 0 Å². The van der Waals surface area contributed by atoms with Crippen molar-refractivity contribution in [2.75, 3.05) is 19.6 Å². The summed E-state index contributed by atoms with van der Waals surface area (Å²) in [6, 6.07) is 8.83. The maximum atomic E-state index is 11.9. The number of hydrogen-bond donors (Lipinski definition) is 1. The SMILES string of the molecule is C=C(C(=O)NCC)N1CCC(Cc2ccccc2C(C)(C)C)CC1. The smallest absolute Gasteiger partial charge is 0.266 e. The van der Waals surface area contributed by atoms with Crippen molar-refractivity contribution in [3.8, 4) is 0 Å². The van der Waals surface area contributed by atoms with E-state index in [4.69, 9.17) is 0 Å². The Morgan fingerprint density at radius 2 is 1.88 bits per heavy atom. The fourth-order valence-corrected chi connectivity index (χ4v) is 3.55. The van der Waals surface area contributed by atoms with Gasteiger partial charge >= 0.3 is 0 Å². The third-order valence-electron chi connectivity index (χ3n) is 4.93. The lowest BCUT2D eigenvalue weighted by Crippen LogP contribution is -2.39. The van der Waals surface area contributed by atoms with Gasteiger partial charge in [-0.3, -0.25) is 4.79 Å². The number of rotatable bonds is 5. The molecule has 1 heterocycles. The van der Waals surface area contributed by atoms with Gasteiger partial charge in [0.1, 0.15) is 0 Å². The van der Waals surface area contributed by atoms with Gasteiger partial charge in [-0.25, -0.2) is 0 Å². The van der Waals surface area contributed by atoms with Crippen LogP contribution in [0.3, 0.4) is 0 Å². The number of likely N-dealkylation sites (N-methyl/N-ethyl adjacent to an activating group) is 1. The minimum Gasteiger partial charge on any atom is -0.368 e. The van der Waals surface area contributed by atoms with Gasteiger partial charge in [0.15, 0.2) is 0 Å². The van der Waals surface area contributed by atoms with E-state index in [0.717, 1.165) is 32.4 Å². The van der Waals surface area contributed by atoms with Crippen LogP contribution >= 0.6 is 0 Å². The number of benzene rings is 1. The summed E-state index contributed by atoms with van der Waals surface area (Å²) < 4.78 is 0. The second-order valence-corrected chi connectivity index (χ2v) is 7.85. The average molecular weight is 329 g/mol. The summed E-state index contributed by atoms with van der Waals surface area (Å²) in [5.41, 5.74) is 3.74. The molecule has 1 amide bonds. The largest absolute Gasteiger partial charge is 0.368 e. The minimum atomic E-state index is -0.0333. The summed E-state index contributed by atoms with van der Waals surface area (Å²) in [6.07, 6.45) is 3.38. The van der Waals surface area contributed by atoms with Gasteiger partial charge in [-0.05, 0) is 48.6 Å². The Hall–Kier alpha value is -1.77. The molecule has 0 spiro atoms. The van der Waals surface area contributed by atoms with Crippen LogP contribution in [0, 0.1) is 5.92 Å². The maximum absolute atomic E-state index is 11.9. The van der Waals surface area contributed by atoms with Crippen molar-refractivity contribution >= 4 is 5.91 Å². The molecule has 1 N–H and O–H groups in total. The minimum absolute atomic E-state index is 0.0333. The first-order valence-electron chi connectivity index (χ1n) is 9.13. The first-order chi connectivity index (χ1) is 11.3. The number of amides is 1. The van der Waals surface area contributed by atoms with Crippen molar-refractivity contribution in [2.24, 2.45) is 5.92 Å². The van der Waals surface area contributed by atoms with Crippen molar-refractivity contribution < 1.29 is 4.79 Å². The van der Waals surface area contributed by atoms with E-state index in [-0.39, 0.29) is 11.3 Å². The van der Waals surface area contributed by atoms with Crippen molar-refractivity contribution in [2.45, 2.75) is 52.4 Å². The number of likely N-dealkylation sites (tertiary alicyclic amines) is 1. The lowest BCUT2D eigenvalue weighted by molar-refractivity contribution is -0.119. The third kappa shape index (κ3) is 4.62. The molecule has 0 aromatic heterocycles. The van der Waals surface area contributed by atoms with E-state index in [1.54, 1.807) is 0 Å². The first kappa shape index (κ1) is 18.6. The molecule has 1 aliphatic rings. The van der Waals surface area contributed by atoms with Gasteiger partial charge in [0.2, 0.25) is 0 Å². The topological polar surface area (TPSA) is 32.3 Å². The molecule has 0 radical (unpaired) electrons. The normalized spacial score (nSPS) is 16.1. The molecule has 0 bridgehead atoms. The molecule has 3 nitrogen and oxygen atoms in total. The lowest BCUT2D eigenvalue weighted by Gasteiger charge is -2.35. The van der Waals surface area contributed by atoms with Crippen molar-refractivity contribution in [1.82, 2.24) is 10.2 Å². The van der Waals surface area contributed by atoms with Crippen LogP contribution in [-0.4, -0.2) is 30.4 Å². The van der Waals surface area contributed by atoms with Crippen molar-refractivity contribution in [3.63, 3.8) is 0 Å². The van der Waals surface area contributed by atoms with Gasteiger partial charge in [0, 0.05) is 19.6 Å². The van der Waals surface area contributed by atoms with E-state index in [1.807, 2.05) is 6.92 Å². The van der Waals surface area contributed by atoms with E-state index in [9.17, 15) is 4.79 Å². The Bertz CT molecular complexity index is 578. The second kappa shape index (κ2) is 7.87. The predicted molar refractivity (Wildman–Crippen MR) is 101 cm³/mol. The highest BCUT2D eigenvalue weighted by atomic mass is 16.2. The van der Waals surface area contributed by atoms with Crippen LogP contribution in [0.2, 0.25) is 0 Å². The summed E-state index contributed by atoms with van der Waals surface area (Å²) >= 11 is 0. The number of nitrogens with zero attached hydrogens (tertiary/aromatic N) is 1. The molecule has 132 valence electrons. The van der Waals surface area contributed by atoms with E-state index >= 15 is 0 Å². The van der Waals surface area contributed by atoms with Gasteiger partial charge in [-0.15, -0.1) is 0 Å². The summed E-state index contributed by atoms with van der Waals surface area (Å²) in [6.45, 7) is 15.3. The Balaban J connectivity index is 1.95. The quantitative estimate of drug-likeness (QED) is 0.832. The van der Waals surface area contributed by atoms with Crippen LogP contribution in [0.4, 0.5) is 0 Å². The Kier molecular flexibility index (Phi) is 6.09. The zero-order valence-electron chi connectivity index (χ0n) is 15.7. The first-order valence-corrected chi connectivity index (χ1v) is 9.13. The predicted octanol–water partition coefficient (Wildman–Crippen LogP) is 3.89. The van der Waals surface area contributed by atoms with Gasteiger partial charge < -0.3 is 10.2 Å². The zero-order chi connectivity index (χ0) is 17.7. The Morgan fingerprint density at radius 3 is 2.46 bits per heavy atom.